The molecule has 82 valence electrons. The summed E-state index contributed by atoms with van der Waals surface area (Å²) in [5, 5.41) is 28.4. The Bertz CT molecular complexity index is 351. The highest BCUT2D eigenvalue weighted by Gasteiger charge is 2.15. The third-order valence-corrected chi connectivity index (χ3v) is 2.19. The van der Waals surface area contributed by atoms with Crippen molar-refractivity contribution in [1.29, 1.82) is 0 Å². The molecule has 0 amide bonds. The second-order valence-corrected chi connectivity index (χ2v) is 3.12. The zero-order valence-electron chi connectivity index (χ0n) is 8.22. The number of benzene rings is 1. The first-order valence-electron chi connectivity index (χ1n) is 4.67. The van der Waals surface area contributed by atoms with Crippen LogP contribution in [0.3, 0.4) is 0 Å². The van der Waals surface area contributed by atoms with Crippen LogP contribution in [0.1, 0.15) is 11.1 Å². The summed E-state index contributed by atoms with van der Waals surface area (Å²) in [5.74, 6) is 0. The standard InChI is InChI=1S/C10H13NO4/c12-6-4-8-2-1-3-10(11(14)15)9(8)5-7-13/h1-3,12-13H,4-7H2. The van der Waals surface area contributed by atoms with Gasteiger partial charge in [0.15, 0.2) is 0 Å². The molecule has 0 aliphatic carbocycles. The summed E-state index contributed by atoms with van der Waals surface area (Å²) >= 11 is 0. The Morgan fingerprint density at radius 2 is 1.87 bits per heavy atom. The van der Waals surface area contributed by atoms with Crippen LogP contribution in [-0.4, -0.2) is 28.4 Å². The molecule has 0 aliphatic heterocycles. The second kappa shape index (κ2) is 5.43. The number of nitrogens with zero attached hydrogens (tertiary/aromatic N) is 1. The van der Waals surface area contributed by atoms with E-state index < -0.39 is 4.92 Å². The van der Waals surface area contributed by atoms with Crippen LogP contribution in [0, 0.1) is 10.1 Å². The van der Waals surface area contributed by atoms with Crippen molar-refractivity contribution in [3.63, 3.8) is 0 Å². The number of aliphatic hydroxyl groups is 2. The number of nitro groups is 1. The van der Waals surface area contributed by atoms with E-state index in [1.165, 1.54) is 6.07 Å². The van der Waals surface area contributed by atoms with Gasteiger partial charge in [-0.2, -0.15) is 0 Å². The minimum Gasteiger partial charge on any atom is -0.396 e. The molecule has 0 unspecified atom stereocenters. The minimum absolute atomic E-state index is 0.00926. The van der Waals surface area contributed by atoms with E-state index >= 15 is 0 Å². The minimum atomic E-state index is -0.466. The van der Waals surface area contributed by atoms with Crippen molar-refractivity contribution < 1.29 is 15.1 Å². The number of hydrogen-bond donors (Lipinski definition) is 2. The van der Waals surface area contributed by atoms with E-state index in [2.05, 4.69) is 0 Å². The lowest BCUT2D eigenvalue weighted by Crippen LogP contribution is -2.04. The van der Waals surface area contributed by atoms with Crippen LogP contribution in [0.15, 0.2) is 18.2 Å². The van der Waals surface area contributed by atoms with Gasteiger partial charge in [0.1, 0.15) is 0 Å². The maximum absolute atomic E-state index is 10.7. The van der Waals surface area contributed by atoms with E-state index in [9.17, 15) is 10.1 Å². The molecular formula is C10H13NO4. The maximum Gasteiger partial charge on any atom is 0.272 e. The average Bonchev–Trinajstić information content (AvgIpc) is 2.21. The van der Waals surface area contributed by atoms with Gasteiger partial charge in [0.2, 0.25) is 0 Å². The van der Waals surface area contributed by atoms with Gasteiger partial charge in [0.05, 0.1) is 4.92 Å². The van der Waals surface area contributed by atoms with E-state index in [1.807, 2.05) is 0 Å². The highest BCUT2D eigenvalue weighted by atomic mass is 16.6. The van der Waals surface area contributed by atoms with Crippen molar-refractivity contribution in [1.82, 2.24) is 0 Å². The van der Waals surface area contributed by atoms with E-state index in [0.717, 1.165) is 5.56 Å². The summed E-state index contributed by atoms with van der Waals surface area (Å²) in [6.45, 7) is -0.192. The van der Waals surface area contributed by atoms with Crippen LogP contribution in [0.4, 0.5) is 5.69 Å². The maximum atomic E-state index is 10.7. The topological polar surface area (TPSA) is 83.6 Å². The summed E-state index contributed by atoms with van der Waals surface area (Å²) in [6.07, 6.45) is 0.615. The van der Waals surface area contributed by atoms with Gasteiger partial charge < -0.3 is 10.2 Å². The molecule has 5 heteroatoms. The van der Waals surface area contributed by atoms with Crippen molar-refractivity contribution in [3.8, 4) is 0 Å². The number of hydrogen-bond acceptors (Lipinski definition) is 4. The van der Waals surface area contributed by atoms with Crippen molar-refractivity contribution >= 4 is 5.69 Å². The molecule has 0 atom stereocenters. The fraction of sp³-hybridized carbons (Fsp3) is 0.400. The molecule has 0 saturated carbocycles. The van der Waals surface area contributed by atoms with Gasteiger partial charge in [-0.1, -0.05) is 12.1 Å². The Morgan fingerprint density at radius 3 is 2.40 bits per heavy atom. The highest BCUT2D eigenvalue weighted by Crippen LogP contribution is 2.23. The van der Waals surface area contributed by atoms with Crippen molar-refractivity contribution in [2.45, 2.75) is 12.8 Å². The van der Waals surface area contributed by atoms with Gasteiger partial charge in [-0.25, -0.2) is 0 Å². The molecule has 0 fully saturated rings. The lowest BCUT2D eigenvalue weighted by molar-refractivity contribution is -0.385. The molecule has 1 rings (SSSR count). The van der Waals surface area contributed by atoms with E-state index in [1.54, 1.807) is 12.1 Å². The third-order valence-electron chi connectivity index (χ3n) is 2.19. The molecule has 0 saturated heterocycles. The number of aliphatic hydroxyl groups excluding tert-OH is 2. The van der Waals surface area contributed by atoms with Crippen molar-refractivity contribution in [2.75, 3.05) is 13.2 Å². The fourth-order valence-corrected chi connectivity index (χ4v) is 1.55. The van der Waals surface area contributed by atoms with E-state index in [4.69, 9.17) is 10.2 Å². The quantitative estimate of drug-likeness (QED) is 0.553. The SMILES string of the molecule is O=[N+]([O-])c1cccc(CCO)c1CCO. The Labute approximate surface area is 87.1 Å². The first-order valence-corrected chi connectivity index (χ1v) is 4.67. The molecule has 5 nitrogen and oxygen atoms in total. The average molecular weight is 211 g/mol. The largest absolute Gasteiger partial charge is 0.396 e. The zero-order valence-corrected chi connectivity index (χ0v) is 8.22. The molecule has 0 heterocycles. The molecule has 0 radical (unpaired) electrons. The molecule has 2 N–H and O–H groups in total. The van der Waals surface area contributed by atoms with Gasteiger partial charge in [-0.3, -0.25) is 10.1 Å². The van der Waals surface area contributed by atoms with Crippen LogP contribution in [0.5, 0.6) is 0 Å². The molecule has 1 aromatic rings. The Hall–Kier alpha value is -1.46. The van der Waals surface area contributed by atoms with Gasteiger partial charge in [0, 0.05) is 31.3 Å². The monoisotopic (exact) mass is 211 g/mol. The van der Waals surface area contributed by atoms with Gasteiger partial charge in [0.25, 0.3) is 5.69 Å². The Morgan fingerprint density at radius 1 is 1.20 bits per heavy atom. The molecule has 0 spiro atoms. The summed E-state index contributed by atoms with van der Waals surface area (Å²) in [7, 11) is 0. The highest BCUT2D eigenvalue weighted by molar-refractivity contribution is 5.45. The van der Waals surface area contributed by atoms with Crippen LogP contribution in [0.2, 0.25) is 0 Å². The van der Waals surface area contributed by atoms with Crippen molar-refractivity contribution in [2.24, 2.45) is 0 Å². The smallest absolute Gasteiger partial charge is 0.272 e. The van der Waals surface area contributed by atoms with Crippen LogP contribution >= 0.6 is 0 Å². The predicted octanol–water partition coefficient (Wildman–Crippen LogP) is 0.664. The van der Waals surface area contributed by atoms with Crippen LogP contribution in [0.25, 0.3) is 0 Å². The van der Waals surface area contributed by atoms with Gasteiger partial charge in [-0.05, 0) is 12.0 Å². The fourth-order valence-electron chi connectivity index (χ4n) is 1.55. The number of rotatable bonds is 5. The normalized spacial score (nSPS) is 10.3. The van der Waals surface area contributed by atoms with Crippen molar-refractivity contribution in [3.05, 3.63) is 39.4 Å². The lowest BCUT2D eigenvalue weighted by Gasteiger charge is -2.07. The number of nitro benzene ring substituents is 1. The molecule has 0 aromatic heterocycles. The predicted molar refractivity (Wildman–Crippen MR) is 54.7 cm³/mol. The van der Waals surface area contributed by atoms with Gasteiger partial charge in [-0.15, -0.1) is 0 Å². The Balaban J connectivity index is 3.15. The van der Waals surface area contributed by atoms with Crippen LogP contribution in [-0.2, 0) is 12.8 Å². The third kappa shape index (κ3) is 2.74. The molecule has 15 heavy (non-hydrogen) atoms. The Kier molecular flexibility index (Phi) is 4.20. The van der Waals surface area contributed by atoms with Crippen LogP contribution < -0.4 is 0 Å². The second-order valence-electron chi connectivity index (χ2n) is 3.12. The first-order chi connectivity index (χ1) is 7.20. The van der Waals surface area contributed by atoms with E-state index in [0.29, 0.717) is 12.0 Å². The summed E-state index contributed by atoms with van der Waals surface area (Å²) < 4.78 is 0. The molecule has 0 bridgehead atoms. The summed E-state index contributed by atoms with van der Waals surface area (Å²) in [4.78, 5) is 10.2. The molecule has 0 aliphatic rings. The molecule has 1 aromatic carbocycles. The molecular weight excluding hydrogens is 198 g/mol. The first kappa shape index (κ1) is 11.6. The summed E-state index contributed by atoms with van der Waals surface area (Å²) in [5.41, 5.74) is 1.25. The zero-order chi connectivity index (χ0) is 11.3. The lowest BCUT2D eigenvalue weighted by atomic mass is 10.0. The van der Waals surface area contributed by atoms with E-state index in [-0.39, 0.29) is 25.3 Å². The summed E-state index contributed by atoms with van der Waals surface area (Å²) in [6, 6.07) is 4.73. The van der Waals surface area contributed by atoms with Gasteiger partial charge >= 0.3 is 0 Å².